The molecule has 0 heterocycles. The highest BCUT2D eigenvalue weighted by Crippen LogP contribution is 2.27. The summed E-state index contributed by atoms with van der Waals surface area (Å²) in [5.74, 6) is -0.417. The Bertz CT molecular complexity index is 616. The fraction of sp³-hybridized carbons (Fsp3) is 0.200. The second-order valence-corrected chi connectivity index (χ2v) is 5.69. The number of likely N-dealkylation sites (N-methyl/N-ethyl adjacent to an activating group) is 1. The van der Waals surface area contributed by atoms with E-state index < -0.39 is 5.82 Å². The largest absolute Gasteiger partial charge is 0.313 e. The van der Waals surface area contributed by atoms with E-state index in [0.717, 1.165) is 11.1 Å². The number of benzene rings is 2. The minimum Gasteiger partial charge on any atom is -0.313 e. The third-order valence-corrected chi connectivity index (χ3v) is 4.15. The highest BCUT2D eigenvalue weighted by molar-refractivity contribution is 6.42. The van der Waals surface area contributed by atoms with Gasteiger partial charge in [0.25, 0.3) is 0 Å². The molecule has 0 aliphatic rings. The summed E-state index contributed by atoms with van der Waals surface area (Å²) in [6.45, 7) is 0. The summed E-state index contributed by atoms with van der Waals surface area (Å²) < 4.78 is 13.2. The minimum absolute atomic E-state index is 0.0188. The van der Waals surface area contributed by atoms with E-state index in [4.69, 9.17) is 34.8 Å². The van der Waals surface area contributed by atoms with Crippen LogP contribution in [0.1, 0.15) is 17.2 Å². The van der Waals surface area contributed by atoms with Crippen LogP contribution >= 0.6 is 34.8 Å². The highest BCUT2D eigenvalue weighted by Gasteiger charge is 2.13. The van der Waals surface area contributed by atoms with Crippen LogP contribution < -0.4 is 5.32 Å². The van der Waals surface area contributed by atoms with Crippen LogP contribution in [0.25, 0.3) is 0 Å². The molecule has 0 radical (unpaired) electrons. The predicted octanol–water partition coefficient (Wildman–Crippen LogP) is 5.29. The fourth-order valence-corrected chi connectivity index (χ4v) is 2.53. The molecule has 1 N–H and O–H groups in total. The van der Waals surface area contributed by atoms with E-state index in [1.165, 1.54) is 6.07 Å². The summed E-state index contributed by atoms with van der Waals surface area (Å²) in [5.41, 5.74) is 1.96. The third kappa shape index (κ3) is 3.64. The zero-order valence-corrected chi connectivity index (χ0v) is 13.0. The summed E-state index contributed by atoms with van der Waals surface area (Å²) in [6.07, 6.45) is 0.704. The molecule has 2 aromatic rings. The Hall–Kier alpha value is -0.800. The van der Waals surface area contributed by atoms with Crippen molar-refractivity contribution in [1.82, 2.24) is 5.32 Å². The fourth-order valence-electron chi connectivity index (χ4n) is 2.02. The van der Waals surface area contributed by atoms with Crippen LogP contribution in [-0.2, 0) is 6.42 Å². The SMILES string of the molecule is CNC(Cc1ccc(Cl)c(Cl)c1)c1ccc(F)c(Cl)c1. The normalized spacial score (nSPS) is 12.4. The molecule has 0 spiro atoms. The molecule has 0 aliphatic heterocycles. The summed E-state index contributed by atoms with van der Waals surface area (Å²) in [4.78, 5) is 0. The first-order chi connectivity index (χ1) is 9.51. The zero-order valence-electron chi connectivity index (χ0n) is 10.8. The lowest BCUT2D eigenvalue weighted by atomic mass is 9.99. The zero-order chi connectivity index (χ0) is 14.7. The maximum Gasteiger partial charge on any atom is 0.141 e. The van der Waals surface area contributed by atoms with Gasteiger partial charge in [-0.2, -0.15) is 0 Å². The molecule has 0 fully saturated rings. The van der Waals surface area contributed by atoms with Gasteiger partial charge in [0.05, 0.1) is 15.1 Å². The van der Waals surface area contributed by atoms with Crippen molar-refractivity contribution in [2.75, 3.05) is 7.05 Å². The van der Waals surface area contributed by atoms with E-state index in [1.54, 1.807) is 18.2 Å². The Morgan fingerprint density at radius 3 is 2.35 bits per heavy atom. The molecule has 0 aliphatic carbocycles. The number of rotatable bonds is 4. The number of halogens is 4. The Morgan fingerprint density at radius 2 is 1.75 bits per heavy atom. The molecular weight excluding hydrogens is 320 g/mol. The highest BCUT2D eigenvalue weighted by atomic mass is 35.5. The van der Waals surface area contributed by atoms with Crippen molar-refractivity contribution in [3.05, 3.63) is 68.4 Å². The van der Waals surface area contributed by atoms with Crippen molar-refractivity contribution in [1.29, 1.82) is 0 Å². The first kappa shape index (κ1) is 15.6. The van der Waals surface area contributed by atoms with Crippen molar-refractivity contribution in [3.63, 3.8) is 0 Å². The Labute approximate surface area is 132 Å². The summed E-state index contributed by atoms with van der Waals surface area (Å²) in [7, 11) is 1.85. The topological polar surface area (TPSA) is 12.0 Å². The van der Waals surface area contributed by atoms with Crippen molar-refractivity contribution in [3.8, 4) is 0 Å². The van der Waals surface area contributed by atoms with Gasteiger partial charge in [-0.1, -0.05) is 46.9 Å². The molecule has 5 heteroatoms. The number of nitrogens with one attached hydrogen (secondary N) is 1. The van der Waals surface area contributed by atoms with Gasteiger partial charge in [-0.25, -0.2) is 4.39 Å². The quantitative estimate of drug-likeness (QED) is 0.802. The van der Waals surface area contributed by atoms with Crippen LogP contribution in [0.15, 0.2) is 36.4 Å². The lowest BCUT2D eigenvalue weighted by molar-refractivity contribution is 0.586. The molecule has 1 unspecified atom stereocenters. The van der Waals surface area contributed by atoms with Crippen molar-refractivity contribution < 1.29 is 4.39 Å². The van der Waals surface area contributed by atoms with Crippen LogP contribution in [0.5, 0.6) is 0 Å². The third-order valence-electron chi connectivity index (χ3n) is 3.12. The Kier molecular flexibility index (Phi) is 5.28. The average Bonchev–Trinajstić information content (AvgIpc) is 2.43. The summed E-state index contributed by atoms with van der Waals surface area (Å²) >= 11 is 17.7. The van der Waals surface area contributed by atoms with Gasteiger partial charge in [-0.3, -0.25) is 0 Å². The van der Waals surface area contributed by atoms with E-state index in [-0.39, 0.29) is 11.1 Å². The van der Waals surface area contributed by atoms with E-state index >= 15 is 0 Å². The molecule has 0 saturated heterocycles. The average molecular weight is 333 g/mol. The molecule has 106 valence electrons. The molecule has 0 aromatic heterocycles. The molecule has 0 saturated carbocycles. The molecule has 20 heavy (non-hydrogen) atoms. The van der Waals surface area contributed by atoms with Gasteiger partial charge >= 0.3 is 0 Å². The molecular formula is C15H13Cl3FN. The first-order valence-electron chi connectivity index (χ1n) is 6.07. The minimum atomic E-state index is -0.417. The molecule has 2 rings (SSSR count). The smallest absolute Gasteiger partial charge is 0.141 e. The van der Waals surface area contributed by atoms with Gasteiger partial charge in [0.2, 0.25) is 0 Å². The van der Waals surface area contributed by atoms with Gasteiger partial charge in [0.15, 0.2) is 0 Å². The van der Waals surface area contributed by atoms with Crippen LogP contribution in [-0.4, -0.2) is 7.05 Å². The number of hydrogen-bond acceptors (Lipinski definition) is 1. The molecule has 1 atom stereocenters. The summed E-state index contributed by atoms with van der Waals surface area (Å²) in [6, 6.07) is 10.3. The van der Waals surface area contributed by atoms with E-state index in [1.807, 2.05) is 19.2 Å². The maximum atomic E-state index is 13.2. The maximum absolute atomic E-state index is 13.2. The lowest BCUT2D eigenvalue weighted by Crippen LogP contribution is -2.18. The molecule has 2 aromatic carbocycles. The molecule has 0 bridgehead atoms. The van der Waals surface area contributed by atoms with E-state index in [9.17, 15) is 4.39 Å². The predicted molar refractivity (Wildman–Crippen MR) is 83.4 cm³/mol. The van der Waals surface area contributed by atoms with Gasteiger partial charge < -0.3 is 5.32 Å². The molecule has 1 nitrogen and oxygen atoms in total. The van der Waals surface area contributed by atoms with E-state index in [2.05, 4.69) is 5.32 Å². The second-order valence-electron chi connectivity index (χ2n) is 4.47. The van der Waals surface area contributed by atoms with Crippen LogP contribution in [0, 0.1) is 5.82 Å². The van der Waals surface area contributed by atoms with Gasteiger partial charge in [-0.05, 0) is 48.9 Å². The molecule has 0 amide bonds. The van der Waals surface area contributed by atoms with Crippen molar-refractivity contribution >= 4 is 34.8 Å². The monoisotopic (exact) mass is 331 g/mol. The van der Waals surface area contributed by atoms with Crippen LogP contribution in [0.2, 0.25) is 15.1 Å². The lowest BCUT2D eigenvalue weighted by Gasteiger charge is -2.17. The number of hydrogen-bond donors (Lipinski definition) is 1. The van der Waals surface area contributed by atoms with Crippen LogP contribution in [0.4, 0.5) is 4.39 Å². The second kappa shape index (κ2) is 6.77. The van der Waals surface area contributed by atoms with Gasteiger partial charge in [-0.15, -0.1) is 0 Å². The Morgan fingerprint density at radius 1 is 1.00 bits per heavy atom. The van der Waals surface area contributed by atoms with E-state index in [0.29, 0.717) is 16.5 Å². The summed E-state index contributed by atoms with van der Waals surface area (Å²) in [5, 5.41) is 4.37. The Balaban J connectivity index is 2.23. The van der Waals surface area contributed by atoms with Crippen LogP contribution in [0.3, 0.4) is 0 Å². The van der Waals surface area contributed by atoms with Crippen molar-refractivity contribution in [2.45, 2.75) is 12.5 Å². The standard InChI is InChI=1S/C15H13Cl3FN/c1-20-15(10-3-5-14(19)13(18)8-10)7-9-2-4-11(16)12(17)6-9/h2-6,8,15,20H,7H2,1H3. The van der Waals surface area contributed by atoms with Crippen molar-refractivity contribution in [2.24, 2.45) is 0 Å². The van der Waals surface area contributed by atoms with Gasteiger partial charge in [0.1, 0.15) is 5.82 Å². The first-order valence-corrected chi connectivity index (χ1v) is 7.21. The van der Waals surface area contributed by atoms with Gasteiger partial charge in [0, 0.05) is 6.04 Å².